The molecule has 0 bridgehead atoms. The van der Waals surface area contributed by atoms with E-state index in [1.807, 2.05) is 0 Å². The Labute approximate surface area is 87.3 Å². The van der Waals surface area contributed by atoms with Gasteiger partial charge in [-0.1, -0.05) is 26.7 Å². The van der Waals surface area contributed by atoms with Gasteiger partial charge in [-0.2, -0.15) is 0 Å². The van der Waals surface area contributed by atoms with Gasteiger partial charge in [-0.15, -0.1) is 0 Å². The summed E-state index contributed by atoms with van der Waals surface area (Å²) < 4.78 is 0. The van der Waals surface area contributed by atoms with Crippen LogP contribution in [0.4, 0.5) is 0 Å². The molecular formula is C12H24O2. The van der Waals surface area contributed by atoms with Crippen LogP contribution < -0.4 is 0 Å². The van der Waals surface area contributed by atoms with Gasteiger partial charge < -0.3 is 10.2 Å². The van der Waals surface area contributed by atoms with Crippen molar-refractivity contribution >= 4 is 0 Å². The molecule has 2 nitrogen and oxygen atoms in total. The van der Waals surface area contributed by atoms with E-state index in [9.17, 15) is 10.2 Å². The van der Waals surface area contributed by atoms with Crippen molar-refractivity contribution in [1.82, 2.24) is 0 Å². The average molecular weight is 200 g/mol. The fourth-order valence-electron chi connectivity index (χ4n) is 2.57. The van der Waals surface area contributed by atoms with Crippen molar-refractivity contribution in [3.63, 3.8) is 0 Å². The van der Waals surface area contributed by atoms with Crippen LogP contribution in [0.25, 0.3) is 0 Å². The van der Waals surface area contributed by atoms with E-state index in [2.05, 4.69) is 13.8 Å². The molecule has 4 unspecified atom stereocenters. The van der Waals surface area contributed by atoms with Gasteiger partial charge in [0.05, 0.1) is 12.2 Å². The van der Waals surface area contributed by atoms with Gasteiger partial charge in [-0.25, -0.2) is 0 Å². The molecule has 0 aromatic carbocycles. The van der Waals surface area contributed by atoms with E-state index in [1.54, 1.807) is 0 Å². The van der Waals surface area contributed by atoms with E-state index in [1.165, 1.54) is 6.42 Å². The zero-order valence-electron chi connectivity index (χ0n) is 9.45. The van der Waals surface area contributed by atoms with Gasteiger partial charge >= 0.3 is 0 Å². The van der Waals surface area contributed by atoms with Crippen LogP contribution in [0.3, 0.4) is 0 Å². The van der Waals surface area contributed by atoms with Crippen molar-refractivity contribution in [2.45, 2.75) is 64.6 Å². The highest BCUT2D eigenvalue weighted by Crippen LogP contribution is 2.34. The molecule has 1 rings (SSSR count). The second-order valence-electron chi connectivity index (χ2n) is 4.67. The highest BCUT2D eigenvalue weighted by Gasteiger charge is 2.32. The maximum Gasteiger partial charge on any atom is 0.0593 e. The number of hydrogen-bond donors (Lipinski definition) is 2. The Morgan fingerprint density at radius 2 is 2.00 bits per heavy atom. The maximum atomic E-state index is 9.90. The Bertz CT molecular complexity index is 158. The van der Waals surface area contributed by atoms with E-state index in [0.717, 1.165) is 38.0 Å². The lowest BCUT2D eigenvalue weighted by atomic mass is 9.75. The molecular weight excluding hydrogens is 176 g/mol. The molecule has 0 aromatic heterocycles. The van der Waals surface area contributed by atoms with Crippen LogP contribution in [0.15, 0.2) is 0 Å². The van der Waals surface area contributed by atoms with Crippen LogP contribution in [0.2, 0.25) is 0 Å². The van der Waals surface area contributed by atoms with Crippen molar-refractivity contribution in [2.75, 3.05) is 0 Å². The maximum absolute atomic E-state index is 9.90. The number of rotatable bonds is 4. The van der Waals surface area contributed by atoms with E-state index < -0.39 is 0 Å². The lowest BCUT2D eigenvalue weighted by Crippen LogP contribution is -2.37. The first kappa shape index (κ1) is 12.0. The fourth-order valence-corrected chi connectivity index (χ4v) is 2.57. The highest BCUT2D eigenvalue weighted by molar-refractivity contribution is 4.83. The smallest absolute Gasteiger partial charge is 0.0593 e. The largest absolute Gasteiger partial charge is 0.393 e. The van der Waals surface area contributed by atoms with E-state index >= 15 is 0 Å². The molecule has 84 valence electrons. The Hall–Kier alpha value is -0.0800. The standard InChI is InChI=1S/C12H24O2/c1-3-5-11(13)10-8-9(4-2)6-7-12(10)14/h9-14H,3-8H2,1-2H3. The summed E-state index contributed by atoms with van der Waals surface area (Å²) >= 11 is 0. The summed E-state index contributed by atoms with van der Waals surface area (Å²) in [7, 11) is 0. The van der Waals surface area contributed by atoms with Crippen molar-refractivity contribution in [3.8, 4) is 0 Å². The van der Waals surface area contributed by atoms with Gasteiger partial charge in [0.25, 0.3) is 0 Å². The molecule has 4 atom stereocenters. The number of aliphatic hydroxyl groups is 2. The van der Waals surface area contributed by atoms with Gasteiger partial charge in [0, 0.05) is 5.92 Å². The van der Waals surface area contributed by atoms with E-state index in [-0.39, 0.29) is 18.1 Å². The molecule has 0 heterocycles. The van der Waals surface area contributed by atoms with Crippen LogP contribution in [0.5, 0.6) is 0 Å². The summed E-state index contributed by atoms with van der Waals surface area (Å²) in [5.41, 5.74) is 0. The highest BCUT2D eigenvalue weighted by atomic mass is 16.3. The van der Waals surface area contributed by atoms with Crippen LogP contribution in [-0.4, -0.2) is 22.4 Å². The SMILES string of the molecule is CCCC(O)C1CC(CC)CCC1O. The molecule has 1 aliphatic rings. The molecule has 1 fully saturated rings. The third-order valence-electron chi connectivity index (χ3n) is 3.63. The summed E-state index contributed by atoms with van der Waals surface area (Å²) in [6.45, 7) is 4.28. The first-order valence-electron chi connectivity index (χ1n) is 6.05. The van der Waals surface area contributed by atoms with Crippen LogP contribution in [-0.2, 0) is 0 Å². The molecule has 0 spiro atoms. The second kappa shape index (κ2) is 5.72. The molecule has 14 heavy (non-hydrogen) atoms. The Morgan fingerprint density at radius 1 is 1.29 bits per heavy atom. The third-order valence-corrected chi connectivity index (χ3v) is 3.63. The summed E-state index contributed by atoms with van der Waals surface area (Å²) in [6.07, 6.45) is 5.49. The Balaban J connectivity index is 2.46. The van der Waals surface area contributed by atoms with Crippen molar-refractivity contribution < 1.29 is 10.2 Å². The van der Waals surface area contributed by atoms with Crippen molar-refractivity contribution in [1.29, 1.82) is 0 Å². The molecule has 2 heteroatoms. The molecule has 2 N–H and O–H groups in total. The van der Waals surface area contributed by atoms with Gasteiger partial charge in [-0.3, -0.25) is 0 Å². The average Bonchev–Trinajstić information content (AvgIpc) is 2.19. The molecule has 1 saturated carbocycles. The van der Waals surface area contributed by atoms with Gasteiger partial charge in [0.15, 0.2) is 0 Å². The topological polar surface area (TPSA) is 40.5 Å². The minimum Gasteiger partial charge on any atom is -0.393 e. The predicted octanol–water partition coefficient (Wildman–Crippen LogP) is 2.33. The van der Waals surface area contributed by atoms with Crippen LogP contribution in [0.1, 0.15) is 52.4 Å². The summed E-state index contributed by atoms with van der Waals surface area (Å²) in [4.78, 5) is 0. The zero-order valence-corrected chi connectivity index (χ0v) is 9.45. The monoisotopic (exact) mass is 200 g/mol. The first-order valence-corrected chi connectivity index (χ1v) is 6.05. The quantitative estimate of drug-likeness (QED) is 0.731. The lowest BCUT2D eigenvalue weighted by Gasteiger charge is -2.35. The lowest BCUT2D eigenvalue weighted by molar-refractivity contribution is -0.0304. The van der Waals surface area contributed by atoms with Crippen molar-refractivity contribution in [3.05, 3.63) is 0 Å². The molecule has 0 saturated heterocycles. The first-order chi connectivity index (χ1) is 6.69. The minimum absolute atomic E-state index is 0.133. The summed E-state index contributed by atoms with van der Waals surface area (Å²) in [5.74, 6) is 0.851. The number of hydrogen-bond acceptors (Lipinski definition) is 2. The van der Waals surface area contributed by atoms with Crippen molar-refractivity contribution in [2.24, 2.45) is 11.8 Å². The fraction of sp³-hybridized carbons (Fsp3) is 1.00. The zero-order chi connectivity index (χ0) is 10.6. The second-order valence-corrected chi connectivity index (χ2v) is 4.67. The van der Waals surface area contributed by atoms with E-state index in [4.69, 9.17) is 0 Å². The predicted molar refractivity (Wildman–Crippen MR) is 58.0 cm³/mol. The Morgan fingerprint density at radius 3 is 2.57 bits per heavy atom. The third kappa shape index (κ3) is 2.96. The molecule has 0 aromatic rings. The summed E-state index contributed by atoms with van der Waals surface area (Å²) in [5, 5.41) is 19.7. The van der Waals surface area contributed by atoms with E-state index in [0.29, 0.717) is 0 Å². The normalized spacial score (nSPS) is 35.6. The van der Waals surface area contributed by atoms with Gasteiger partial charge in [-0.05, 0) is 31.6 Å². The van der Waals surface area contributed by atoms with Crippen LogP contribution in [0, 0.1) is 11.8 Å². The number of aliphatic hydroxyl groups excluding tert-OH is 2. The van der Waals surface area contributed by atoms with Gasteiger partial charge in [0.2, 0.25) is 0 Å². The summed E-state index contributed by atoms with van der Waals surface area (Å²) in [6, 6.07) is 0. The molecule has 0 amide bonds. The Kier molecular flexibility index (Phi) is 4.90. The van der Waals surface area contributed by atoms with Gasteiger partial charge in [0.1, 0.15) is 0 Å². The minimum atomic E-state index is -0.288. The molecule has 0 radical (unpaired) electrons. The molecule has 0 aliphatic heterocycles. The molecule has 1 aliphatic carbocycles. The van der Waals surface area contributed by atoms with Crippen LogP contribution >= 0.6 is 0 Å².